The highest BCUT2D eigenvalue weighted by atomic mass is 79.9. The Balaban J connectivity index is 2.60. The van der Waals surface area contributed by atoms with Gasteiger partial charge in [-0.05, 0) is 18.2 Å². The molecule has 2 heterocycles. The van der Waals surface area contributed by atoms with Gasteiger partial charge in [0.2, 0.25) is 0 Å². The molecule has 0 radical (unpaired) electrons. The van der Waals surface area contributed by atoms with Gasteiger partial charge in [0.15, 0.2) is 0 Å². The number of aryl methyl sites for hydroxylation is 1. The lowest BCUT2D eigenvalue weighted by Gasteiger charge is -2.04. The number of hydrogen-bond acceptors (Lipinski definition) is 3. The fraction of sp³-hybridized carbons (Fsp3) is 0.182. The first-order valence-electron chi connectivity index (χ1n) is 4.77. The molecule has 0 fully saturated rings. The molecule has 0 amide bonds. The van der Waals surface area contributed by atoms with Gasteiger partial charge in [0.05, 0.1) is 5.69 Å². The van der Waals surface area contributed by atoms with Crippen molar-refractivity contribution in [3.05, 3.63) is 46.4 Å². The molecule has 82 valence electrons. The SMILES string of the molecule is Cn1nc(-c2ccccn2)cc(CBr)c1=O. The van der Waals surface area contributed by atoms with Crippen LogP contribution in [0.5, 0.6) is 0 Å². The van der Waals surface area contributed by atoms with Gasteiger partial charge in [-0.25, -0.2) is 4.68 Å². The third-order valence-electron chi connectivity index (χ3n) is 2.21. The minimum absolute atomic E-state index is 0.0865. The highest BCUT2D eigenvalue weighted by molar-refractivity contribution is 9.08. The first-order chi connectivity index (χ1) is 7.72. The lowest BCUT2D eigenvalue weighted by molar-refractivity contribution is 0.703. The Kier molecular flexibility index (Phi) is 3.14. The number of aromatic nitrogens is 3. The van der Waals surface area contributed by atoms with Crippen molar-refractivity contribution < 1.29 is 0 Å². The van der Waals surface area contributed by atoms with Gasteiger partial charge >= 0.3 is 0 Å². The molecule has 0 aliphatic rings. The van der Waals surface area contributed by atoms with Crippen molar-refractivity contribution in [3.63, 3.8) is 0 Å². The maximum absolute atomic E-state index is 11.6. The molecule has 2 aromatic heterocycles. The molecule has 5 heteroatoms. The van der Waals surface area contributed by atoms with E-state index in [9.17, 15) is 4.79 Å². The predicted octanol–water partition coefficient (Wildman–Crippen LogP) is 1.74. The van der Waals surface area contributed by atoms with Crippen LogP contribution in [0.2, 0.25) is 0 Å². The summed E-state index contributed by atoms with van der Waals surface area (Å²) in [4.78, 5) is 15.8. The zero-order valence-corrected chi connectivity index (χ0v) is 10.3. The van der Waals surface area contributed by atoms with Gasteiger partial charge in [0.1, 0.15) is 5.69 Å². The average Bonchev–Trinajstić information content (AvgIpc) is 2.33. The van der Waals surface area contributed by atoms with Crippen LogP contribution in [0.15, 0.2) is 35.3 Å². The largest absolute Gasteiger partial charge is 0.270 e. The van der Waals surface area contributed by atoms with E-state index >= 15 is 0 Å². The Bertz CT molecular complexity index is 551. The van der Waals surface area contributed by atoms with Gasteiger partial charge in [-0.1, -0.05) is 22.0 Å². The van der Waals surface area contributed by atoms with E-state index in [1.165, 1.54) is 4.68 Å². The van der Waals surface area contributed by atoms with Crippen molar-refractivity contribution in [1.29, 1.82) is 0 Å². The van der Waals surface area contributed by atoms with Crippen molar-refractivity contribution in [2.75, 3.05) is 0 Å². The molecule has 0 unspecified atom stereocenters. The first kappa shape index (κ1) is 11.0. The molecule has 4 nitrogen and oxygen atoms in total. The lowest BCUT2D eigenvalue weighted by Crippen LogP contribution is -2.23. The fourth-order valence-electron chi connectivity index (χ4n) is 1.41. The molecule has 2 rings (SSSR count). The summed E-state index contributed by atoms with van der Waals surface area (Å²) >= 11 is 3.29. The van der Waals surface area contributed by atoms with Crippen LogP contribution in [0.3, 0.4) is 0 Å². The van der Waals surface area contributed by atoms with E-state index in [2.05, 4.69) is 26.0 Å². The summed E-state index contributed by atoms with van der Waals surface area (Å²) in [6, 6.07) is 7.37. The fourth-order valence-corrected chi connectivity index (χ4v) is 1.81. The van der Waals surface area contributed by atoms with E-state index in [4.69, 9.17) is 0 Å². The number of halogens is 1. The highest BCUT2D eigenvalue weighted by Crippen LogP contribution is 2.13. The van der Waals surface area contributed by atoms with Crippen LogP contribution < -0.4 is 5.56 Å². The van der Waals surface area contributed by atoms with Gasteiger partial charge < -0.3 is 0 Å². The van der Waals surface area contributed by atoms with Crippen LogP contribution in [-0.4, -0.2) is 14.8 Å². The monoisotopic (exact) mass is 279 g/mol. The van der Waals surface area contributed by atoms with Gasteiger partial charge in [-0.15, -0.1) is 0 Å². The van der Waals surface area contributed by atoms with Crippen LogP contribution in [0, 0.1) is 0 Å². The van der Waals surface area contributed by atoms with Gasteiger partial charge in [-0.2, -0.15) is 5.10 Å². The van der Waals surface area contributed by atoms with Gasteiger partial charge in [-0.3, -0.25) is 9.78 Å². The second kappa shape index (κ2) is 4.57. The second-order valence-electron chi connectivity index (χ2n) is 3.33. The minimum atomic E-state index is -0.0865. The van der Waals surface area contributed by atoms with Crippen LogP contribution >= 0.6 is 15.9 Å². The van der Waals surface area contributed by atoms with E-state index in [1.807, 2.05) is 18.2 Å². The van der Waals surface area contributed by atoms with Crippen LogP contribution in [0.25, 0.3) is 11.4 Å². The van der Waals surface area contributed by atoms with Crippen molar-refractivity contribution in [2.45, 2.75) is 5.33 Å². The van der Waals surface area contributed by atoms with Crippen molar-refractivity contribution >= 4 is 15.9 Å². The molecule has 0 aliphatic carbocycles. The molecule has 2 aromatic rings. The Morgan fingerprint density at radius 1 is 1.38 bits per heavy atom. The molecular weight excluding hydrogens is 270 g/mol. The first-order valence-corrected chi connectivity index (χ1v) is 5.89. The Morgan fingerprint density at radius 3 is 2.81 bits per heavy atom. The smallest absolute Gasteiger partial charge is 0.267 e. The van der Waals surface area contributed by atoms with E-state index in [0.29, 0.717) is 16.6 Å². The average molecular weight is 280 g/mol. The van der Waals surface area contributed by atoms with E-state index in [-0.39, 0.29) is 5.56 Å². The predicted molar refractivity (Wildman–Crippen MR) is 65.3 cm³/mol. The number of hydrogen-bond donors (Lipinski definition) is 0. The van der Waals surface area contributed by atoms with Crippen molar-refractivity contribution in [2.24, 2.45) is 7.05 Å². The van der Waals surface area contributed by atoms with Crippen molar-refractivity contribution in [3.8, 4) is 11.4 Å². The highest BCUT2D eigenvalue weighted by Gasteiger charge is 2.07. The number of alkyl halides is 1. The summed E-state index contributed by atoms with van der Waals surface area (Å²) in [5.74, 6) is 0. The van der Waals surface area contributed by atoms with Crippen LogP contribution in [-0.2, 0) is 12.4 Å². The van der Waals surface area contributed by atoms with Crippen LogP contribution in [0.4, 0.5) is 0 Å². The van der Waals surface area contributed by atoms with E-state index in [1.54, 1.807) is 19.3 Å². The number of nitrogens with zero attached hydrogens (tertiary/aromatic N) is 3. The molecule has 0 spiro atoms. The quantitative estimate of drug-likeness (QED) is 0.787. The van der Waals surface area contributed by atoms with Crippen LogP contribution in [0.1, 0.15) is 5.56 Å². The molecule has 0 bridgehead atoms. The summed E-state index contributed by atoms with van der Waals surface area (Å²) < 4.78 is 1.33. The Labute approximate surface area is 101 Å². The van der Waals surface area contributed by atoms with Gasteiger partial charge in [0, 0.05) is 24.1 Å². The normalized spacial score (nSPS) is 10.4. The zero-order valence-electron chi connectivity index (χ0n) is 8.72. The minimum Gasteiger partial charge on any atom is -0.267 e. The van der Waals surface area contributed by atoms with E-state index in [0.717, 1.165) is 5.69 Å². The zero-order chi connectivity index (χ0) is 11.5. The maximum Gasteiger partial charge on any atom is 0.270 e. The summed E-state index contributed by atoms with van der Waals surface area (Å²) in [5, 5.41) is 4.69. The standard InChI is InChI=1S/C11H10BrN3O/c1-15-11(16)8(7-12)6-10(14-15)9-4-2-3-5-13-9/h2-6H,7H2,1H3. The Hall–Kier alpha value is -1.49. The molecule has 0 N–H and O–H groups in total. The third kappa shape index (κ3) is 2.04. The van der Waals surface area contributed by atoms with Gasteiger partial charge in [0.25, 0.3) is 5.56 Å². The molecule has 0 saturated carbocycles. The summed E-state index contributed by atoms with van der Waals surface area (Å²) in [6.45, 7) is 0. The molecule has 0 atom stereocenters. The summed E-state index contributed by atoms with van der Waals surface area (Å²) in [7, 11) is 1.64. The molecule has 0 aromatic carbocycles. The topological polar surface area (TPSA) is 47.8 Å². The third-order valence-corrected chi connectivity index (χ3v) is 2.81. The Morgan fingerprint density at radius 2 is 2.19 bits per heavy atom. The summed E-state index contributed by atoms with van der Waals surface area (Å²) in [6.07, 6.45) is 1.70. The van der Waals surface area contributed by atoms with E-state index < -0.39 is 0 Å². The molecule has 0 aliphatic heterocycles. The molecular formula is C11H10BrN3O. The summed E-state index contributed by atoms with van der Waals surface area (Å²) in [5.41, 5.74) is 2.06. The number of rotatable bonds is 2. The van der Waals surface area contributed by atoms with Crippen molar-refractivity contribution in [1.82, 2.24) is 14.8 Å². The number of pyridine rings is 1. The molecule has 0 saturated heterocycles. The lowest BCUT2D eigenvalue weighted by atomic mass is 10.2. The second-order valence-corrected chi connectivity index (χ2v) is 3.89. The molecule has 16 heavy (non-hydrogen) atoms. The maximum atomic E-state index is 11.6.